The van der Waals surface area contributed by atoms with E-state index in [4.69, 9.17) is 5.11 Å². The molecule has 2 aliphatic rings. The molecule has 2 aromatic carbocycles. The Balaban J connectivity index is 1.39. The number of hydrogen-bond acceptors (Lipinski definition) is 2. The number of piperidine rings is 1. The first kappa shape index (κ1) is 21.0. The van der Waals surface area contributed by atoms with Crippen molar-refractivity contribution < 1.29 is 14.3 Å². The largest absolute Gasteiger partial charge is 0.481 e. The lowest BCUT2D eigenvalue weighted by Gasteiger charge is -2.42. The number of carboxylic acids is 1. The van der Waals surface area contributed by atoms with Gasteiger partial charge in [-0.05, 0) is 92.1 Å². The van der Waals surface area contributed by atoms with E-state index < -0.39 is 5.97 Å². The van der Waals surface area contributed by atoms with Crippen LogP contribution in [0.5, 0.6) is 0 Å². The second-order valence-corrected chi connectivity index (χ2v) is 9.34. The Bertz CT molecular complexity index is 845. The zero-order valence-corrected chi connectivity index (χ0v) is 17.6. The minimum absolute atomic E-state index is 0.159. The van der Waals surface area contributed by atoms with Crippen molar-refractivity contribution in [2.24, 2.45) is 11.3 Å². The summed E-state index contributed by atoms with van der Waals surface area (Å²) < 4.78 is 13.8. The summed E-state index contributed by atoms with van der Waals surface area (Å²) in [5.74, 6) is 0.579. The molecule has 1 N–H and O–H groups in total. The number of hydrogen-bond donors (Lipinski definition) is 1. The van der Waals surface area contributed by atoms with Crippen molar-refractivity contribution in [2.45, 2.75) is 50.9 Å². The molecule has 3 nitrogen and oxygen atoms in total. The Morgan fingerprint density at radius 1 is 1.10 bits per heavy atom. The van der Waals surface area contributed by atoms with E-state index in [1.807, 2.05) is 12.1 Å². The van der Waals surface area contributed by atoms with Crippen molar-refractivity contribution in [3.8, 4) is 0 Å². The SMILES string of the molecule is O=C(O)CCN1CCC(CC[C@@H]2CC2c2ccccc2)(Cc2cccc(F)c2)CC1. The molecule has 2 atom stereocenters. The molecule has 0 aromatic heterocycles. The fourth-order valence-corrected chi connectivity index (χ4v) is 5.27. The highest BCUT2D eigenvalue weighted by Gasteiger charge is 2.41. The lowest BCUT2D eigenvalue weighted by molar-refractivity contribution is -0.137. The van der Waals surface area contributed by atoms with Crippen molar-refractivity contribution in [1.29, 1.82) is 0 Å². The molecule has 1 aliphatic heterocycles. The summed E-state index contributed by atoms with van der Waals surface area (Å²) in [4.78, 5) is 13.2. The van der Waals surface area contributed by atoms with Gasteiger partial charge in [-0.1, -0.05) is 42.5 Å². The minimum Gasteiger partial charge on any atom is -0.481 e. The van der Waals surface area contributed by atoms with Crippen LogP contribution >= 0.6 is 0 Å². The van der Waals surface area contributed by atoms with Crippen LogP contribution < -0.4 is 0 Å². The summed E-state index contributed by atoms with van der Waals surface area (Å²) in [6.45, 7) is 2.51. The van der Waals surface area contributed by atoms with E-state index in [1.165, 1.54) is 30.9 Å². The van der Waals surface area contributed by atoms with E-state index in [2.05, 4.69) is 35.2 Å². The number of rotatable bonds is 9. The number of carbonyl (C=O) groups is 1. The third-order valence-corrected chi connectivity index (χ3v) is 7.22. The highest BCUT2D eigenvalue weighted by molar-refractivity contribution is 5.66. The molecule has 2 aromatic rings. The third-order valence-electron chi connectivity index (χ3n) is 7.22. The van der Waals surface area contributed by atoms with Crippen molar-refractivity contribution in [3.63, 3.8) is 0 Å². The maximum atomic E-state index is 13.8. The Labute approximate surface area is 178 Å². The standard InChI is InChI=1S/C26H32FNO2/c27-23-8-4-5-20(17-23)19-26(12-15-28(16-13-26)14-10-25(29)30)11-9-22-18-24(22)21-6-2-1-3-7-21/h1-8,17,22,24H,9-16,18-19H2,(H,29,30)/t22-,24?/m1/s1. The number of benzene rings is 2. The van der Waals surface area contributed by atoms with Gasteiger partial charge in [0.25, 0.3) is 0 Å². The van der Waals surface area contributed by atoms with Gasteiger partial charge in [-0.15, -0.1) is 0 Å². The molecule has 0 amide bonds. The average molecular weight is 410 g/mol. The quantitative estimate of drug-likeness (QED) is 0.594. The molecule has 30 heavy (non-hydrogen) atoms. The van der Waals surface area contributed by atoms with Gasteiger partial charge in [0.05, 0.1) is 6.42 Å². The fourth-order valence-electron chi connectivity index (χ4n) is 5.27. The van der Waals surface area contributed by atoms with Crippen LogP contribution in [0.15, 0.2) is 54.6 Å². The van der Waals surface area contributed by atoms with Gasteiger partial charge in [0, 0.05) is 6.54 Å². The van der Waals surface area contributed by atoms with E-state index in [-0.39, 0.29) is 17.7 Å². The maximum Gasteiger partial charge on any atom is 0.304 e. The Kier molecular flexibility index (Phi) is 6.52. The smallest absolute Gasteiger partial charge is 0.304 e. The second kappa shape index (κ2) is 9.30. The van der Waals surface area contributed by atoms with Crippen molar-refractivity contribution >= 4 is 5.97 Å². The van der Waals surface area contributed by atoms with Crippen LogP contribution in [0.4, 0.5) is 4.39 Å². The van der Waals surface area contributed by atoms with Gasteiger partial charge in [-0.2, -0.15) is 0 Å². The third kappa shape index (κ3) is 5.48. The van der Waals surface area contributed by atoms with E-state index >= 15 is 0 Å². The average Bonchev–Trinajstić information content (AvgIpc) is 3.52. The van der Waals surface area contributed by atoms with Crippen LogP contribution in [0.1, 0.15) is 55.6 Å². The second-order valence-electron chi connectivity index (χ2n) is 9.34. The summed E-state index contributed by atoms with van der Waals surface area (Å²) in [6.07, 6.45) is 6.93. The summed E-state index contributed by atoms with van der Waals surface area (Å²) in [5.41, 5.74) is 2.74. The highest BCUT2D eigenvalue weighted by atomic mass is 19.1. The van der Waals surface area contributed by atoms with Gasteiger partial charge in [0.1, 0.15) is 5.82 Å². The van der Waals surface area contributed by atoms with Gasteiger partial charge in [0.2, 0.25) is 0 Å². The number of halogens is 1. The normalized spacial score (nSPS) is 23.2. The molecule has 0 spiro atoms. The zero-order chi connectivity index (χ0) is 21.0. The van der Waals surface area contributed by atoms with E-state index in [1.54, 1.807) is 6.07 Å². The van der Waals surface area contributed by atoms with Gasteiger partial charge in [0.15, 0.2) is 0 Å². The van der Waals surface area contributed by atoms with Gasteiger partial charge < -0.3 is 10.0 Å². The fraction of sp³-hybridized carbons (Fsp3) is 0.500. The zero-order valence-electron chi connectivity index (χ0n) is 17.6. The van der Waals surface area contributed by atoms with Crippen LogP contribution in [0.2, 0.25) is 0 Å². The Hall–Kier alpha value is -2.20. The topological polar surface area (TPSA) is 40.5 Å². The Morgan fingerprint density at radius 3 is 2.57 bits per heavy atom. The summed E-state index contributed by atoms with van der Waals surface area (Å²) >= 11 is 0. The maximum absolute atomic E-state index is 13.8. The first-order valence-corrected chi connectivity index (χ1v) is 11.3. The molecule has 2 fully saturated rings. The highest BCUT2D eigenvalue weighted by Crippen LogP contribution is 2.52. The van der Waals surface area contributed by atoms with Crippen LogP contribution in [-0.2, 0) is 11.2 Å². The van der Waals surface area contributed by atoms with E-state index in [0.717, 1.165) is 43.8 Å². The Morgan fingerprint density at radius 2 is 1.87 bits per heavy atom. The predicted octanol–water partition coefficient (Wildman–Crippen LogP) is 5.51. The number of aliphatic carboxylic acids is 1. The summed E-state index contributed by atoms with van der Waals surface area (Å²) in [7, 11) is 0. The van der Waals surface area contributed by atoms with E-state index in [9.17, 15) is 9.18 Å². The summed E-state index contributed by atoms with van der Waals surface area (Å²) in [5, 5.41) is 8.98. The van der Waals surface area contributed by atoms with Crippen molar-refractivity contribution in [1.82, 2.24) is 4.90 Å². The van der Waals surface area contributed by atoms with E-state index in [0.29, 0.717) is 12.5 Å². The van der Waals surface area contributed by atoms with Crippen LogP contribution in [0.3, 0.4) is 0 Å². The monoisotopic (exact) mass is 409 g/mol. The van der Waals surface area contributed by atoms with Crippen molar-refractivity contribution in [3.05, 3.63) is 71.5 Å². The number of carboxylic acid groups (broad SMARTS) is 1. The number of nitrogens with zero attached hydrogens (tertiary/aromatic N) is 1. The molecule has 1 saturated heterocycles. The van der Waals surface area contributed by atoms with Gasteiger partial charge in [-0.3, -0.25) is 4.79 Å². The lowest BCUT2D eigenvalue weighted by Crippen LogP contribution is -2.42. The summed E-state index contributed by atoms with van der Waals surface area (Å²) in [6, 6.07) is 17.9. The first-order chi connectivity index (χ1) is 14.5. The van der Waals surface area contributed by atoms with Crippen molar-refractivity contribution in [2.75, 3.05) is 19.6 Å². The molecule has 1 saturated carbocycles. The van der Waals surface area contributed by atoms with Gasteiger partial charge in [-0.25, -0.2) is 4.39 Å². The molecule has 0 radical (unpaired) electrons. The number of likely N-dealkylation sites (tertiary alicyclic amines) is 1. The molecular formula is C26H32FNO2. The van der Waals surface area contributed by atoms with Crippen LogP contribution in [-0.4, -0.2) is 35.6 Å². The molecule has 4 rings (SSSR count). The molecule has 1 unspecified atom stereocenters. The molecule has 160 valence electrons. The van der Waals surface area contributed by atoms with Crippen LogP contribution in [0, 0.1) is 17.2 Å². The minimum atomic E-state index is -0.729. The van der Waals surface area contributed by atoms with Crippen LogP contribution in [0.25, 0.3) is 0 Å². The molecule has 0 bridgehead atoms. The first-order valence-electron chi connectivity index (χ1n) is 11.3. The molecule has 4 heteroatoms. The lowest BCUT2D eigenvalue weighted by atomic mass is 9.70. The van der Waals surface area contributed by atoms with Gasteiger partial charge >= 0.3 is 5.97 Å². The molecule has 1 heterocycles. The molecule has 1 aliphatic carbocycles. The molecular weight excluding hydrogens is 377 g/mol. The predicted molar refractivity (Wildman–Crippen MR) is 117 cm³/mol.